The minimum Gasteiger partial charge on any atom is -0.316 e. The Bertz CT molecular complexity index is 328. The van der Waals surface area contributed by atoms with Crippen molar-refractivity contribution in [2.45, 2.75) is 6.42 Å². The van der Waals surface area contributed by atoms with E-state index in [1.807, 2.05) is 24.3 Å². The molecule has 0 saturated carbocycles. The monoisotopic (exact) mass is 253 g/mol. The van der Waals surface area contributed by atoms with Gasteiger partial charge in [0.2, 0.25) is 0 Å². The van der Waals surface area contributed by atoms with Crippen molar-refractivity contribution in [3.8, 4) is 0 Å². The molecule has 0 spiro atoms. The van der Waals surface area contributed by atoms with Crippen molar-refractivity contribution in [2.24, 2.45) is 5.92 Å². The summed E-state index contributed by atoms with van der Waals surface area (Å²) < 4.78 is 1.01. The first-order valence-electron chi connectivity index (χ1n) is 4.78. The molecule has 0 aromatic heterocycles. The van der Waals surface area contributed by atoms with E-state index < -0.39 is 0 Å². The van der Waals surface area contributed by atoms with E-state index in [9.17, 15) is 4.79 Å². The summed E-state index contributed by atoms with van der Waals surface area (Å²) in [5, 5.41) is 3.20. The number of halogens is 1. The number of carbonyl (C=O) groups is 1. The van der Waals surface area contributed by atoms with E-state index >= 15 is 0 Å². The molecule has 0 bridgehead atoms. The van der Waals surface area contributed by atoms with Crippen LogP contribution in [0.15, 0.2) is 28.7 Å². The number of hydrogen-bond acceptors (Lipinski definition) is 2. The lowest BCUT2D eigenvalue weighted by molar-refractivity contribution is 0.0930. The Balaban J connectivity index is 2.14. The molecule has 1 aliphatic heterocycles. The van der Waals surface area contributed by atoms with Crippen molar-refractivity contribution in [1.29, 1.82) is 0 Å². The molecule has 0 aliphatic carbocycles. The molecule has 1 saturated heterocycles. The molecule has 0 radical (unpaired) electrons. The normalized spacial score (nSPS) is 21.1. The topological polar surface area (TPSA) is 29.1 Å². The van der Waals surface area contributed by atoms with E-state index in [2.05, 4.69) is 21.2 Å². The quantitative estimate of drug-likeness (QED) is 0.820. The molecule has 2 nitrogen and oxygen atoms in total. The minimum absolute atomic E-state index is 0.177. The molecule has 14 heavy (non-hydrogen) atoms. The van der Waals surface area contributed by atoms with Gasteiger partial charge in [-0.1, -0.05) is 28.1 Å². The zero-order valence-corrected chi connectivity index (χ0v) is 9.38. The lowest BCUT2D eigenvalue weighted by Gasteiger charge is -2.06. The molecule has 2 rings (SSSR count). The van der Waals surface area contributed by atoms with Crippen LogP contribution >= 0.6 is 15.9 Å². The number of carbonyl (C=O) groups excluding carboxylic acids is 1. The molecule has 1 fully saturated rings. The maximum Gasteiger partial charge on any atom is 0.167 e. The van der Waals surface area contributed by atoms with Gasteiger partial charge in [0.15, 0.2) is 5.78 Å². The van der Waals surface area contributed by atoms with Gasteiger partial charge in [-0.05, 0) is 25.1 Å². The molecule has 3 heteroatoms. The van der Waals surface area contributed by atoms with Gasteiger partial charge in [0.1, 0.15) is 0 Å². The average molecular weight is 254 g/mol. The molecule has 0 unspecified atom stereocenters. The Hall–Kier alpha value is -0.670. The Kier molecular flexibility index (Phi) is 2.99. The molecule has 1 aliphatic rings. The van der Waals surface area contributed by atoms with Gasteiger partial charge >= 0.3 is 0 Å². The molecule has 0 amide bonds. The summed E-state index contributed by atoms with van der Waals surface area (Å²) in [7, 11) is 0. The molecule has 74 valence electrons. The second-order valence-electron chi connectivity index (χ2n) is 3.56. The lowest BCUT2D eigenvalue weighted by Crippen LogP contribution is -2.17. The highest BCUT2D eigenvalue weighted by atomic mass is 79.9. The van der Waals surface area contributed by atoms with Crippen molar-refractivity contribution >= 4 is 21.7 Å². The molecular formula is C11H12BrNO. The van der Waals surface area contributed by atoms with E-state index in [4.69, 9.17) is 0 Å². The van der Waals surface area contributed by atoms with Gasteiger partial charge in [-0.3, -0.25) is 4.79 Å². The second kappa shape index (κ2) is 4.24. The SMILES string of the molecule is O=C(c1ccc(Br)cc1)[C@H]1CCNC1. The van der Waals surface area contributed by atoms with E-state index in [1.165, 1.54) is 0 Å². The Labute approximate surface area is 91.8 Å². The van der Waals surface area contributed by atoms with Crippen LogP contribution in [0.1, 0.15) is 16.8 Å². The molecule has 1 heterocycles. The van der Waals surface area contributed by atoms with E-state index in [0.717, 1.165) is 29.5 Å². The van der Waals surface area contributed by atoms with E-state index in [0.29, 0.717) is 0 Å². The predicted molar refractivity (Wildman–Crippen MR) is 59.4 cm³/mol. The first-order chi connectivity index (χ1) is 6.77. The maximum atomic E-state index is 11.9. The fourth-order valence-electron chi connectivity index (χ4n) is 1.73. The number of rotatable bonds is 2. The number of benzene rings is 1. The molecule has 1 atom stereocenters. The largest absolute Gasteiger partial charge is 0.316 e. The third kappa shape index (κ3) is 2.04. The molecule has 1 aromatic rings. The number of hydrogen-bond donors (Lipinski definition) is 1. The van der Waals surface area contributed by atoms with Gasteiger partial charge in [-0.25, -0.2) is 0 Å². The smallest absolute Gasteiger partial charge is 0.167 e. The number of ketones is 1. The highest BCUT2D eigenvalue weighted by Crippen LogP contribution is 2.17. The van der Waals surface area contributed by atoms with Crippen molar-refractivity contribution < 1.29 is 4.79 Å². The van der Waals surface area contributed by atoms with Crippen LogP contribution in [-0.4, -0.2) is 18.9 Å². The van der Waals surface area contributed by atoms with E-state index in [1.54, 1.807) is 0 Å². The van der Waals surface area contributed by atoms with Gasteiger partial charge < -0.3 is 5.32 Å². The minimum atomic E-state index is 0.177. The van der Waals surface area contributed by atoms with Crippen molar-refractivity contribution in [3.05, 3.63) is 34.3 Å². The number of Topliss-reactive ketones (excluding diaryl/α,β-unsaturated/α-hetero) is 1. The summed E-state index contributed by atoms with van der Waals surface area (Å²) in [6, 6.07) is 7.58. The molecule has 1 aromatic carbocycles. The average Bonchev–Trinajstić information content (AvgIpc) is 2.71. The first kappa shape index (κ1) is 9.87. The van der Waals surface area contributed by atoms with Crippen LogP contribution in [0.3, 0.4) is 0 Å². The van der Waals surface area contributed by atoms with E-state index in [-0.39, 0.29) is 11.7 Å². The number of nitrogens with one attached hydrogen (secondary N) is 1. The van der Waals surface area contributed by atoms with Crippen LogP contribution in [-0.2, 0) is 0 Å². The zero-order chi connectivity index (χ0) is 9.97. The summed E-state index contributed by atoms with van der Waals surface area (Å²) in [6.07, 6.45) is 0.967. The van der Waals surface area contributed by atoms with Gasteiger partial charge in [-0.15, -0.1) is 0 Å². The van der Waals surface area contributed by atoms with Crippen LogP contribution < -0.4 is 5.32 Å². The van der Waals surface area contributed by atoms with Crippen LogP contribution in [0, 0.1) is 5.92 Å². The first-order valence-corrected chi connectivity index (χ1v) is 5.57. The van der Waals surface area contributed by atoms with Crippen molar-refractivity contribution in [3.63, 3.8) is 0 Å². The third-order valence-corrected chi connectivity index (χ3v) is 3.09. The van der Waals surface area contributed by atoms with Crippen molar-refractivity contribution in [2.75, 3.05) is 13.1 Å². The van der Waals surface area contributed by atoms with Crippen LogP contribution in [0.4, 0.5) is 0 Å². The van der Waals surface area contributed by atoms with Crippen molar-refractivity contribution in [1.82, 2.24) is 5.32 Å². The lowest BCUT2D eigenvalue weighted by atomic mass is 9.97. The third-order valence-electron chi connectivity index (χ3n) is 2.56. The van der Waals surface area contributed by atoms with Crippen LogP contribution in [0.2, 0.25) is 0 Å². The van der Waals surface area contributed by atoms with Gasteiger partial charge in [-0.2, -0.15) is 0 Å². The Morgan fingerprint density at radius 2 is 2.07 bits per heavy atom. The van der Waals surface area contributed by atoms with Gasteiger partial charge in [0.05, 0.1) is 0 Å². The van der Waals surface area contributed by atoms with Gasteiger partial charge in [0, 0.05) is 22.5 Å². The zero-order valence-electron chi connectivity index (χ0n) is 7.79. The molecular weight excluding hydrogens is 242 g/mol. The maximum absolute atomic E-state index is 11.9. The predicted octanol–water partition coefficient (Wildman–Crippen LogP) is 2.24. The standard InChI is InChI=1S/C11H12BrNO/c12-10-3-1-8(2-4-10)11(14)9-5-6-13-7-9/h1-4,9,13H,5-7H2/t9-/m0/s1. The fraction of sp³-hybridized carbons (Fsp3) is 0.364. The summed E-state index contributed by atoms with van der Waals surface area (Å²) in [4.78, 5) is 11.9. The Morgan fingerprint density at radius 1 is 1.36 bits per heavy atom. The highest BCUT2D eigenvalue weighted by molar-refractivity contribution is 9.10. The Morgan fingerprint density at radius 3 is 2.64 bits per heavy atom. The second-order valence-corrected chi connectivity index (χ2v) is 4.48. The van der Waals surface area contributed by atoms with Crippen LogP contribution in [0.25, 0.3) is 0 Å². The fourth-order valence-corrected chi connectivity index (χ4v) is 1.99. The summed E-state index contributed by atoms with van der Waals surface area (Å²) in [6.45, 7) is 1.79. The molecule has 1 N–H and O–H groups in total. The van der Waals surface area contributed by atoms with Crippen LogP contribution in [0.5, 0.6) is 0 Å². The summed E-state index contributed by atoms with van der Waals surface area (Å²) in [5.74, 6) is 0.443. The summed E-state index contributed by atoms with van der Waals surface area (Å²) in [5.41, 5.74) is 0.821. The summed E-state index contributed by atoms with van der Waals surface area (Å²) >= 11 is 3.35. The van der Waals surface area contributed by atoms with Gasteiger partial charge in [0.25, 0.3) is 0 Å². The highest BCUT2D eigenvalue weighted by Gasteiger charge is 2.23.